The maximum Gasteiger partial charge on any atom is 0.501 e. The van der Waals surface area contributed by atoms with Crippen LogP contribution >= 0.6 is 0 Å². The summed E-state index contributed by atoms with van der Waals surface area (Å²) in [6.45, 7) is -6.46. The van der Waals surface area contributed by atoms with Crippen LogP contribution in [0.3, 0.4) is 0 Å². The Bertz CT molecular complexity index is 1740. The summed E-state index contributed by atoms with van der Waals surface area (Å²) in [7, 11) is -2.02. The molecule has 0 aromatic heterocycles. The van der Waals surface area contributed by atoms with Gasteiger partial charge in [0.1, 0.15) is 0 Å². The van der Waals surface area contributed by atoms with Gasteiger partial charge in [0.15, 0.2) is 0 Å². The first kappa shape index (κ1) is 73.5. The van der Waals surface area contributed by atoms with Gasteiger partial charge in [-0.15, -0.1) is 0 Å². The number of alkyl halides is 33. The van der Waals surface area contributed by atoms with E-state index in [0.29, 0.717) is 0 Å². The van der Waals surface area contributed by atoms with Crippen LogP contribution in [0.5, 0.6) is 0 Å². The van der Waals surface area contributed by atoms with Crippen molar-refractivity contribution < 1.29 is 187 Å². The predicted molar refractivity (Wildman–Crippen MR) is 181 cm³/mol. The Morgan fingerprint density at radius 1 is 0.237 bits per heavy atom. The van der Waals surface area contributed by atoms with Gasteiger partial charge in [-0.1, -0.05) is 0 Å². The zero-order valence-corrected chi connectivity index (χ0v) is 38.5. The Labute approximate surface area is 404 Å². The topological polar surface area (TPSA) is 83.1 Å². The monoisotopic (exact) mass is 1230 g/mol. The number of hydrogen-bond acceptors (Lipinski definition) is 9. The van der Waals surface area contributed by atoms with Crippen molar-refractivity contribution >= 4 is 8.80 Å². The van der Waals surface area contributed by atoms with Gasteiger partial charge in [0.2, 0.25) is 0 Å². The Kier molecular flexibility index (Phi) is 23.9. The molecule has 0 radical (unpaired) electrons. The molecule has 0 aliphatic carbocycles. The first-order valence-corrected chi connectivity index (χ1v) is 21.4. The molecule has 43 heteroatoms. The lowest BCUT2D eigenvalue weighted by atomic mass is 9.82. The smallest absolute Gasteiger partial charge is 0.382 e. The van der Waals surface area contributed by atoms with Crippen LogP contribution in [0.25, 0.3) is 0 Å². The predicted octanol–water partition coefficient (Wildman–Crippen LogP) is 11.4. The van der Waals surface area contributed by atoms with E-state index in [9.17, 15) is 136 Å². The summed E-state index contributed by atoms with van der Waals surface area (Å²) < 4.78 is 510. The minimum absolute atomic E-state index is 0.177. The van der Waals surface area contributed by atoms with E-state index in [-0.39, 0.29) is 39.6 Å². The van der Waals surface area contributed by atoms with Crippen molar-refractivity contribution in [1.29, 1.82) is 0 Å². The summed E-state index contributed by atoms with van der Waals surface area (Å²) in [6.07, 6.45) is -11.7. The molecule has 0 aromatic rings. The SMILES string of the molecule is COCCOCCO[Si](CCC(F)(F)C(F)(F)C(F)(F)C(F)(F)C(F)(F)C(F)(F)C(F)(F)C(F)(F)C(F)(F)C(F)(F)C(F)(F)C(F)(F)C(F)(F)C(F)(F)C(F)(F)C(F)(F)F)(OCCOCCOC)OCCOCCOC. The second-order valence-electron chi connectivity index (χ2n) is 14.8. The molecule has 458 valence electrons. The molecule has 0 amide bonds. The lowest BCUT2D eigenvalue weighted by Gasteiger charge is -2.47. The zero-order chi connectivity index (χ0) is 60.8. The fraction of sp³-hybridized carbons (Fsp3) is 1.00. The molecule has 0 N–H and O–H groups in total. The largest absolute Gasteiger partial charge is 0.501 e. The van der Waals surface area contributed by atoms with Gasteiger partial charge in [-0.05, 0) is 0 Å². The molecule has 0 aromatic carbocycles. The van der Waals surface area contributed by atoms with Crippen molar-refractivity contribution in [3.63, 3.8) is 0 Å². The van der Waals surface area contributed by atoms with E-state index in [1.165, 1.54) is 0 Å². The molecule has 0 heterocycles. The number of halogens is 33. The maximum absolute atomic E-state index is 15.2. The molecule has 0 aliphatic rings. The van der Waals surface area contributed by atoms with Crippen LogP contribution in [0.4, 0.5) is 145 Å². The van der Waals surface area contributed by atoms with Crippen LogP contribution in [0.15, 0.2) is 0 Å². The van der Waals surface area contributed by atoms with Crippen LogP contribution in [-0.4, -0.2) is 204 Å². The highest BCUT2D eigenvalue weighted by Gasteiger charge is 3.02. The molecule has 0 saturated carbocycles. The number of rotatable bonds is 38. The van der Waals surface area contributed by atoms with E-state index >= 15 is 8.78 Å². The van der Waals surface area contributed by atoms with Gasteiger partial charge in [-0.25, -0.2) is 0 Å². The minimum atomic E-state index is -10.3. The molecule has 0 spiro atoms. The summed E-state index contributed by atoms with van der Waals surface area (Å²) in [5.41, 5.74) is 0. The first-order valence-electron chi connectivity index (χ1n) is 19.5. The molecular weight excluding hydrogens is 1200 g/mol. The second kappa shape index (κ2) is 24.7. The Morgan fingerprint density at radius 2 is 0.421 bits per heavy atom. The summed E-state index contributed by atoms with van der Waals surface area (Å²) in [4.78, 5) is 0. The second-order valence-corrected chi connectivity index (χ2v) is 17.5. The Hall–Kier alpha value is -2.45. The third-order valence-electron chi connectivity index (χ3n) is 9.63. The third kappa shape index (κ3) is 12.8. The van der Waals surface area contributed by atoms with Crippen molar-refractivity contribution in [3.8, 4) is 0 Å². The van der Waals surface area contributed by atoms with Crippen molar-refractivity contribution in [2.45, 2.75) is 107 Å². The Balaban J connectivity index is 7.58. The highest BCUT2D eigenvalue weighted by molar-refractivity contribution is 6.60. The van der Waals surface area contributed by atoms with E-state index < -0.39 is 156 Å². The quantitative estimate of drug-likeness (QED) is 0.0341. The molecule has 76 heavy (non-hydrogen) atoms. The molecular formula is C33H37F33O9Si. The van der Waals surface area contributed by atoms with Crippen LogP contribution in [0.2, 0.25) is 6.04 Å². The van der Waals surface area contributed by atoms with E-state index in [1.807, 2.05) is 0 Å². The van der Waals surface area contributed by atoms with Crippen molar-refractivity contribution in [3.05, 3.63) is 0 Å². The maximum atomic E-state index is 15.2. The average Bonchev–Trinajstić information content (AvgIpc) is 3.27. The molecule has 0 fully saturated rings. The summed E-state index contributed by atoms with van der Waals surface area (Å²) in [5.74, 6) is -144. The van der Waals surface area contributed by atoms with Gasteiger partial charge in [0, 0.05) is 33.8 Å². The standard InChI is InChI=1S/C33H37F33O9Si/c1-67-5-8-70-11-14-73-76(74-15-12-71-9-6-68-2,75-16-13-72-10-7-69-3)17-4-18(34,35)19(36,37)20(38,39)21(40,41)22(42,43)23(44,45)24(46,47)25(48,49)26(50,51)27(52,53)28(54,55)29(56,57)30(58,59)31(60,61)32(62,63)33(64,65)66/h4-17H2,1-3H3. The van der Waals surface area contributed by atoms with Gasteiger partial charge < -0.3 is 41.7 Å². The van der Waals surface area contributed by atoms with Crippen LogP contribution < -0.4 is 0 Å². The van der Waals surface area contributed by atoms with Gasteiger partial charge in [-0.3, -0.25) is 0 Å². The molecule has 0 aliphatic heterocycles. The van der Waals surface area contributed by atoms with E-state index in [0.717, 1.165) is 21.3 Å². The average molecular weight is 1230 g/mol. The fourth-order valence-electron chi connectivity index (χ4n) is 5.08. The van der Waals surface area contributed by atoms with Gasteiger partial charge >= 0.3 is 104 Å². The van der Waals surface area contributed by atoms with Crippen LogP contribution in [0.1, 0.15) is 6.42 Å². The number of ether oxygens (including phenoxy) is 6. The number of hydrogen-bond donors (Lipinski definition) is 0. The lowest BCUT2D eigenvalue weighted by molar-refractivity contribution is -0.491. The highest BCUT2D eigenvalue weighted by atomic mass is 28.4. The summed E-state index contributed by atoms with van der Waals surface area (Å²) in [6, 6.07) is -2.18. The lowest BCUT2D eigenvalue weighted by Crippen LogP contribution is -2.80. The third-order valence-corrected chi connectivity index (χ3v) is 12.4. The van der Waals surface area contributed by atoms with E-state index in [4.69, 9.17) is 27.5 Å². The van der Waals surface area contributed by atoms with Crippen molar-refractivity contribution in [1.82, 2.24) is 0 Å². The van der Waals surface area contributed by atoms with Crippen LogP contribution in [0, 0.1) is 0 Å². The van der Waals surface area contributed by atoms with Crippen LogP contribution in [-0.2, 0) is 41.7 Å². The zero-order valence-electron chi connectivity index (χ0n) is 37.5. The molecule has 9 nitrogen and oxygen atoms in total. The van der Waals surface area contributed by atoms with Gasteiger partial charge in [-0.2, -0.15) is 145 Å². The normalized spacial score (nSPS) is 15.8. The molecule has 0 saturated heterocycles. The van der Waals surface area contributed by atoms with Gasteiger partial charge in [0.05, 0.1) is 79.3 Å². The van der Waals surface area contributed by atoms with E-state index in [1.54, 1.807) is 0 Å². The summed E-state index contributed by atoms with van der Waals surface area (Å²) >= 11 is 0. The molecule has 0 atom stereocenters. The highest BCUT2D eigenvalue weighted by Crippen LogP contribution is 2.70. The van der Waals surface area contributed by atoms with Crippen molar-refractivity contribution in [2.75, 3.05) is 101 Å². The Morgan fingerprint density at radius 3 is 0.618 bits per heavy atom. The first-order chi connectivity index (χ1) is 33.6. The summed E-state index contributed by atoms with van der Waals surface area (Å²) in [5, 5.41) is 0. The minimum Gasteiger partial charge on any atom is -0.382 e. The molecule has 0 rings (SSSR count). The van der Waals surface area contributed by atoms with Crippen molar-refractivity contribution in [2.24, 2.45) is 0 Å². The van der Waals surface area contributed by atoms with Gasteiger partial charge in [0.25, 0.3) is 0 Å². The molecule has 0 bridgehead atoms. The molecule has 0 unspecified atom stereocenters. The van der Waals surface area contributed by atoms with E-state index in [2.05, 4.69) is 14.2 Å². The fourth-order valence-corrected chi connectivity index (χ4v) is 7.57. The number of methoxy groups -OCH3 is 3.